The van der Waals surface area contributed by atoms with Crippen LogP contribution in [0.15, 0.2) is 24.3 Å². The van der Waals surface area contributed by atoms with Crippen LogP contribution in [0.2, 0.25) is 0 Å². The first kappa shape index (κ1) is 16.7. The number of rotatable bonds is 7. The Labute approximate surface area is 114 Å². The second-order valence-electron chi connectivity index (χ2n) is 4.58. The van der Waals surface area contributed by atoms with Crippen molar-refractivity contribution >= 4 is 0 Å². The molecule has 0 heterocycles. The molecule has 0 fully saturated rings. The Hall–Kier alpha value is -1.33. The van der Waals surface area contributed by atoms with Crippen LogP contribution >= 0.6 is 0 Å². The maximum Gasteiger partial charge on any atom is 0.416 e. The van der Waals surface area contributed by atoms with Crippen molar-refractivity contribution < 1.29 is 26.7 Å². The van der Waals surface area contributed by atoms with Gasteiger partial charge in [-0.15, -0.1) is 0 Å². The van der Waals surface area contributed by atoms with E-state index in [0.29, 0.717) is 6.42 Å². The lowest BCUT2D eigenvalue weighted by Gasteiger charge is -2.15. The lowest BCUT2D eigenvalue weighted by molar-refractivity contribution is -0.137. The Balaban J connectivity index is 2.36. The zero-order valence-electron chi connectivity index (χ0n) is 11.1. The highest BCUT2D eigenvalue weighted by molar-refractivity contribution is 5.28. The third-order valence-electron chi connectivity index (χ3n) is 2.75. The summed E-state index contributed by atoms with van der Waals surface area (Å²) in [5.74, 6) is -2.45. The van der Waals surface area contributed by atoms with E-state index in [1.54, 1.807) is 6.92 Å². The first-order chi connectivity index (χ1) is 9.24. The van der Waals surface area contributed by atoms with Gasteiger partial charge in [0.15, 0.2) is 0 Å². The molecule has 6 heteroatoms. The van der Waals surface area contributed by atoms with Gasteiger partial charge in [-0.1, -0.05) is 13.3 Å². The van der Waals surface area contributed by atoms with Crippen molar-refractivity contribution in [1.29, 1.82) is 0 Å². The molecule has 0 aliphatic heterocycles. The topological polar surface area (TPSA) is 9.23 Å². The molecule has 0 atom stereocenters. The lowest BCUT2D eigenvalue weighted by Crippen LogP contribution is -2.16. The van der Waals surface area contributed by atoms with Gasteiger partial charge in [0.05, 0.1) is 12.2 Å². The summed E-state index contributed by atoms with van der Waals surface area (Å²) < 4.78 is 68.4. The van der Waals surface area contributed by atoms with Gasteiger partial charge in [-0.3, -0.25) is 0 Å². The van der Waals surface area contributed by atoms with Gasteiger partial charge >= 0.3 is 6.18 Å². The first-order valence-electron chi connectivity index (χ1n) is 6.42. The number of halogens is 5. The molecule has 0 bridgehead atoms. The molecule has 20 heavy (non-hydrogen) atoms. The van der Waals surface area contributed by atoms with E-state index in [4.69, 9.17) is 4.74 Å². The minimum atomic E-state index is -4.39. The Morgan fingerprint density at radius 1 is 0.950 bits per heavy atom. The van der Waals surface area contributed by atoms with Crippen molar-refractivity contribution in [2.75, 3.05) is 6.61 Å². The predicted octanol–water partition coefficient (Wildman–Crippen LogP) is 5.30. The predicted molar refractivity (Wildman–Crippen MR) is 66.0 cm³/mol. The fourth-order valence-corrected chi connectivity index (χ4v) is 1.75. The third-order valence-corrected chi connectivity index (χ3v) is 2.75. The van der Waals surface area contributed by atoms with Crippen LogP contribution in [0.3, 0.4) is 0 Å². The summed E-state index contributed by atoms with van der Waals surface area (Å²) >= 11 is 0. The average Bonchev–Trinajstić information content (AvgIpc) is 2.34. The number of hydrogen-bond acceptors (Lipinski definition) is 1. The molecule has 0 aliphatic carbocycles. The minimum Gasteiger partial charge on any atom is -0.494 e. The molecule has 0 spiro atoms. The Morgan fingerprint density at radius 2 is 1.55 bits per heavy atom. The van der Waals surface area contributed by atoms with Gasteiger partial charge in [0, 0.05) is 12.8 Å². The first-order valence-corrected chi connectivity index (χ1v) is 6.42. The summed E-state index contributed by atoms with van der Waals surface area (Å²) in [6, 6.07) is 4.18. The van der Waals surface area contributed by atoms with Gasteiger partial charge in [0.25, 0.3) is 0 Å². The second-order valence-corrected chi connectivity index (χ2v) is 4.58. The molecule has 0 N–H and O–H groups in total. The van der Waals surface area contributed by atoms with Crippen LogP contribution in [0.1, 0.15) is 38.2 Å². The van der Waals surface area contributed by atoms with Gasteiger partial charge in [0.2, 0.25) is 5.92 Å². The monoisotopic (exact) mass is 296 g/mol. The lowest BCUT2D eigenvalue weighted by atomic mass is 10.1. The van der Waals surface area contributed by atoms with Crippen molar-refractivity contribution in [3.05, 3.63) is 29.8 Å². The van der Waals surface area contributed by atoms with Gasteiger partial charge in [-0.05, 0) is 30.7 Å². The molecule has 0 saturated carbocycles. The summed E-state index contributed by atoms with van der Waals surface area (Å²) in [6.45, 7) is 1.75. The zero-order valence-corrected chi connectivity index (χ0v) is 11.1. The SMILES string of the molecule is CCCC(F)(F)CCCOc1ccc(C(F)(F)F)cc1. The van der Waals surface area contributed by atoms with Gasteiger partial charge in [0.1, 0.15) is 5.75 Å². The normalized spacial score (nSPS) is 12.5. The fourth-order valence-electron chi connectivity index (χ4n) is 1.75. The molecule has 1 aromatic carbocycles. The molecule has 114 valence electrons. The van der Waals surface area contributed by atoms with Gasteiger partial charge in [-0.25, -0.2) is 8.78 Å². The highest BCUT2D eigenvalue weighted by atomic mass is 19.4. The summed E-state index contributed by atoms with van der Waals surface area (Å²) in [5, 5.41) is 0. The number of ether oxygens (including phenoxy) is 1. The molecule has 0 amide bonds. The number of alkyl halides is 5. The molecule has 0 radical (unpaired) electrons. The van der Waals surface area contributed by atoms with E-state index in [1.807, 2.05) is 0 Å². The zero-order chi connectivity index (χ0) is 15.2. The summed E-state index contributed by atoms with van der Waals surface area (Å²) in [4.78, 5) is 0. The third kappa shape index (κ3) is 5.75. The van der Waals surface area contributed by atoms with Crippen LogP contribution < -0.4 is 4.74 Å². The smallest absolute Gasteiger partial charge is 0.416 e. The van der Waals surface area contributed by atoms with Gasteiger partial charge in [-0.2, -0.15) is 13.2 Å². The molecule has 0 aliphatic rings. The van der Waals surface area contributed by atoms with Crippen LogP contribution in [-0.2, 0) is 6.18 Å². The maximum atomic E-state index is 13.2. The summed E-state index contributed by atoms with van der Waals surface area (Å²) in [6.07, 6.45) is -4.25. The van der Waals surface area contributed by atoms with E-state index < -0.39 is 17.7 Å². The number of benzene rings is 1. The number of hydrogen-bond donors (Lipinski definition) is 0. The summed E-state index contributed by atoms with van der Waals surface area (Å²) in [5.41, 5.74) is -0.765. The second kappa shape index (κ2) is 6.90. The molecular weight excluding hydrogens is 279 g/mol. The molecule has 1 nitrogen and oxygen atoms in total. The molecule has 0 aromatic heterocycles. The molecule has 1 rings (SSSR count). The van der Waals surface area contributed by atoms with E-state index in [-0.39, 0.29) is 31.6 Å². The molecule has 1 aromatic rings. The van der Waals surface area contributed by atoms with E-state index in [1.165, 1.54) is 12.1 Å². The van der Waals surface area contributed by atoms with Crippen molar-refractivity contribution in [2.24, 2.45) is 0 Å². The van der Waals surface area contributed by atoms with E-state index in [9.17, 15) is 22.0 Å². The molecule has 0 unspecified atom stereocenters. The van der Waals surface area contributed by atoms with E-state index in [2.05, 4.69) is 0 Å². The molecule has 0 saturated heterocycles. The van der Waals surface area contributed by atoms with Crippen LogP contribution in [-0.4, -0.2) is 12.5 Å². The maximum absolute atomic E-state index is 13.2. The van der Waals surface area contributed by atoms with Crippen molar-refractivity contribution in [3.63, 3.8) is 0 Å². The van der Waals surface area contributed by atoms with E-state index in [0.717, 1.165) is 12.1 Å². The van der Waals surface area contributed by atoms with Crippen molar-refractivity contribution in [2.45, 2.75) is 44.7 Å². The minimum absolute atomic E-state index is 0.0602. The standard InChI is InChI=1S/C14H17F5O/c1-2-8-13(15,16)9-3-10-20-12-6-4-11(5-7-12)14(17,18)19/h4-7H,2-3,8-10H2,1H3. The Kier molecular flexibility index (Phi) is 5.77. The largest absolute Gasteiger partial charge is 0.494 e. The highest BCUT2D eigenvalue weighted by Gasteiger charge is 2.30. The van der Waals surface area contributed by atoms with E-state index >= 15 is 0 Å². The van der Waals surface area contributed by atoms with Crippen molar-refractivity contribution in [3.8, 4) is 5.75 Å². The Bertz CT molecular complexity index is 397. The van der Waals surface area contributed by atoms with Crippen LogP contribution in [0.4, 0.5) is 22.0 Å². The quantitative estimate of drug-likeness (QED) is 0.490. The van der Waals surface area contributed by atoms with Crippen molar-refractivity contribution in [1.82, 2.24) is 0 Å². The summed E-state index contributed by atoms with van der Waals surface area (Å²) in [7, 11) is 0. The van der Waals surface area contributed by atoms with Crippen LogP contribution in [0.25, 0.3) is 0 Å². The average molecular weight is 296 g/mol. The fraction of sp³-hybridized carbons (Fsp3) is 0.571. The highest BCUT2D eigenvalue weighted by Crippen LogP contribution is 2.30. The van der Waals surface area contributed by atoms with Crippen LogP contribution in [0, 0.1) is 0 Å². The van der Waals surface area contributed by atoms with Gasteiger partial charge < -0.3 is 4.74 Å². The molecular formula is C14H17F5O. The Morgan fingerprint density at radius 3 is 2.05 bits per heavy atom. The van der Waals surface area contributed by atoms with Crippen LogP contribution in [0.5, 0.6) is 5.75 Å².